The maximum atomic E-state index is 12.0. The van der Waals surface area contributed by atoms with Crippen molar-refractivity contribution in [3.05, 3.63) is 41.1 Å². The van der Waals surface area contributed by atoms with E-state index in [2.05, 4.69) is 21.7 Å². The first-order valence-corrected chi connectivity index (χ1v) is 12.3. The lowest BCUT2D eigenvalue weighted by molar-refractivity contribution is -0.213. The first kappa shape index (κ1) is 25.1. The third-order valence-corrected chi connectivity index (χ3v) is 6.77. The van der Waals surface area contributed by atoms with Crippen LogP contribution in [0.15, 0.2) is 35.0 Å². The second kappa shape index (κ2) is 12.1. The number of nitriles is 1. The second-order valence-corrected chi connectivity index (χ2v) is 8.90. The molecule has 2 heterocycles. The van der Waals surface area contributed by atoms with Crippen LogP contribution < -0.4 is 10.6 Å². The number of amidine groups is 1. The van der Waals surface area contributed by atoms with Gasteiger partial charge in [-0.3, -0.25) is 4.79 Å². The highest BCUT2D eigenvalue weighted by Gasteiger charge is 2.43. The monoisotopic (exact) mass is 474 g/mol. The van der Waals surface area contributed by atoms with Crippen LogP contribution >= 0.6 is 10.5 Å². The zero-order valence-electron chi connectivity index (χ0n) is 19.2. The first-order chi connectivity index (χ1) is 16.1. The Hall–Kier alpha value is -2.55. The van der Waals surface area contributed by atoms with E-state index >= 15 is 0 Å². The van der Waals surface area contributed by atoms with E-state index in [1.807, 2.05) is 37.4 Å². The van der Waals surface area contributed by atoms with Crippen molar-refractivity contribution in [2.75, 3.05) is 57.8 Å². The molecule has 0 aromatic heterocycles. The molecule has 33 heavy (non-hydrogen) atoms. The van der Waals surface area contributed by atoms with E-state index in [0.717, 1.165) is 16.8 Å². The predicted molar refractivity (Wildman–Crippen MR) is 129 cm³/mol. The summed E-state index contributed by atoms with van der Waals surface area (Å²) in [7, 11) is 1.13. The Labute approximate surface area is 196 Å². The number of aliphatic imine (C=N–C) groups is 1. The summed E-state index contributed by atoms with van der Waals surface area (Å²) in [6.07, 6.45) is 1.62. The first-order valence-electron chi connectivity index (χ1n) is 10.8. The molecule has 0 spiro atoms. The maximum absolute atomic E-state index is 12.0. The van der Waals surface area contributed by atoms with Crippen LogP contribution in [0.3, 0.4) is 0 Å². The molecule has 10 heteroatoms. The van der Waals surface area contributed by atoms with Gasteiger partial charge in [0.15, 0.2) is 5.17 Å². The van der Waals surface area contributed by atoms with Crippen LogP contribution in [-0.2, 0) is 29.5 Å². The Morgan fingerprint density at radius 1 is 1.27 bits per heavy atom. The molecular weight excluding hydrogens is 444 g/mol. The van der Waals surface area contributed by atoms with Gasteiger partial charge in [-0.2, -0.15) is 10.3 Å². The molecule has 9 nitrogen and oxygen atoms in total. The standard InChI is InChI=1S/C23H30N4O5S/c1-4-31-23(32-5-2)18(13-24)14-26-20-7-6-17(12-19(20)23)15-33-16-21(28)27-22(33)25-8-9-30-11-10-29-3/h6-7,12,14-15,26H,4-5,8-11,16H2,1-3H3,(H,25,27,28). The lowest BCUT2D eigenvalue weighted by Gasteiger charge is -2.37. The van der Waals surface area contributed by atoms with E-state index in [4.69, 9.17) is 18.9 Å². The highest BCUT2D eigenvalue weighted by Crippen LogP contribution is 2.42. The normalized spacial score (nSPS) is 18.8. The average Bonchev–Trinajstić information content (AvgIpc) is 3.15. The van der Waals surface area contributed by atoms with E-state index in [9.17, 15) is 10.1 Å². The van der Waals surface area contributed by atoms with Crippen molar-refractivity contribution in [1.82, 2.24) is 5.32 Å². The highest BCUT2D eigenvalue weighted by molar-refractivity contribution is 8.28. The van der Waals surface area contributed by atoms with Gasteiger partial charge in [0.05, 0.1) is 25.6 Å². The molecular formula is C23H30N4O5S. The molecule has 1 amide bonds. The van der Waals surface area contributed by atoms with Gasteiger partial charge in [-0.25, -0.2) is 0 Å². The fourth-order valence-corrected chi connectivity index (χ4v) is 5.21. The molecule has 0 fully saturated rings. The van der Waals surface area contributed by atoms with Crippen molar-refractivity contribution in [3.8, 4) is 6.07 Å². The van der Waals surface area contributed by atoms with Crippen LogP contribution in [0.2, 0.25) is 0 Å². The van der Waals surface area contributed by atoms with Crippen LogP contribution in [-0.4, -0.2) is 68.9 Å². The Kier molecular flexibility index (Phi) is 9.17. The highest BCUT2D eigenvalue weighted by atomic mass is 32.2. The Bertz CT molecular complexity index is 993. The van der Waals surface area contributed by atoms with Crippen molar-refractivity contribution in [2.45, 2.75) is 19.6 Å². The summed E-state index contributed by atoms with van der Waals surface area (Å²) in [4.78, 5) is 16.2. The minimum Gasteiger partial charge on any atom is -0.382 e. The molecule has 1 atom stereocenters. The van der Waals surface area contributed by atoms with Crippen molar-refractivity contribution < 1.29 is 23.7 Å². The molecule has 1 unspecified atom stereocenters. The van der Waals surface area contributed by atoms with E-state index in [0.29, 0.717) is 56.1 Å². The SMILES string of the molecule is CCOC1(OCC)C(C#N)=CNc2ccc(/C=S3/CC(=O)N=C3NCCOCCOC)cc21. The number of methoxy groups -OCH3 is 1. The van der Waals surface area contributed by atoms with Gasteiger partial charge in [0.25, 0.3) is 5.91 Å². The average molecular weight is 475 g/mol. The number of rotatable bonds is 11. The maximum Gasteiger partial charge on any atom is 0.258 e. The molecule has 0 saturated carbocycles. The van der Waals surface area contributed by atoms with Gasteiger partial charge in [-0.05, 0) is 36.9 Å². The van der Waals surface area contributed by atoms with Gasteiger partial charge in [0, 0.05) is 44.3 Å². The lowest BCUT2D eigenvalue weighted by atomic mass is 9.92. The summed E-state index contributed by atoms with van der Waals surface area (Å²) in [5.74, 6) is -1.09. The van der Waals surface area contributed by atoms with Crippen LogP contribution in [0.4, 0.5) is 5.69 Å². The van der Waals surface area contributed by atoms with Crippen molar-refractivity contribution in [3.63, 3.8) is 0 Å². The van der Waals surface area contributed by atoms with Crippen LogP contribution in [0.25, 0.3) is 0 Å². The van der Waals surface area contributed by atoms with Gasteiger partial charge in [0.1, 0.15) is 11.6 Å². The Morgan fingerprint density at radius 3 is 2.76 bits per heavy atom. The van der Waals surface area contributed by atoms with Gasteiger partial charge < -0.3 is 29.6 Å². The number of carbonyl (C=O) groups excluding carboxylic acids is 1. The number of fused-ring (bicyclic) bond motifs is 1. The van der Waals surface area contributed by atoms with E-state index in [-0.39, 0.29) is 5.91 Å². The summed E-state index contributed by atoms with van der Waals surface area (Å²) < 4.78 is 22.5. The molecule has 178 valence electrons. The number of benzene rings is 1. The molecule has 2 aliphatic heterocycles. The zero-order chi connectivity index (χ0) is 23.7. The summed E-state index contributed by atoms with van der Waals surface area (Å²) in [6, 6.07) is 8.03. The third-order valence-electron chi connectivity index (χ3n) is 4.93. The van der Waals surface area contributed by atoms with Crippen LogP contribution in [0.5, 0.6) is 0 Å². The molecule has 1 aromatic carbocycles. The Balaban J connectivity index is 1.84. The van der Waals surface area contributed by atoms with E-state index in [1.54, 1.807) is 13.3 Å². The lowest BCUT2D eigenvalue weighted by Crippen LogP contribution is -2.38. The number of nitrogens with one attached hydrogen (secondary N) is 2. The number of ether oxygens (including phenoxy) is 4. The number of anilines is 1. The summed E-state index contributed by atoms with van der Waals surface area (Å²) in [6.45, 7) is 6.58. The molecule has 2 aliphatic rings. The number of carbonyl (C=O) groups is 1. The Morgan fingerprint density at radius 2 is 2.06 bits per heavy atom. The predicted octanol–water partition coefficient (Wildman–Crippen LogP) is 2.31. The number of hydrogen-bond donors (Lipinski definition) is 2. The molecule has 3 rings (SSSR count). The molecule has 0 radical (unpaired) electrons. The molecule has 0 bridgehead atoms. The topological polar surface area (TPSA) is 114 Å². The van der Waals surface area contributed by atoms with E-state index in [1.165, 1.54) is 0 Å². The summed E-state index contributed by atoms with van der Waals surface area (Å²) >= 11 is 0. The van der Waals surface area contributed by atoms with Gasteiger partial charge >= 0.3 is 0 Å². The van der Waals surface area contributed by atoms with Crippen LogP contribution in [0.1, 0.15) is 25.0 Å². The number of amides is 1. The smallest absolute Gasteiger partial charge is 0.258 e. The zero-order valence-corrected chi connectivity index (χ0v) is 20.0. The molecule has 0 aliphatic carbocycles. The fraction of sp³-hybridized carbons (Fsp3) is 0.478. The minimum atomic E-state index is -1.27. The molecule has 0 saturated heterocycles. The van der Waals surface area contributed by atoms with Gasteiger partial charge in [0.2, 0.25) is 5.79 Å². The molecule has 2 N–H and O–H groups in total. The van der Waals surface area contributed by atoms with Crippen LogP contribution in [0, 0.1) is 11.3 Å². The second-order valence-electron chi connectivity index (χ2n) is 7.14. The van der Waals surface area contributed by atoms with Gasteiger partial charge in [-0.15, -0.1) is 10.5 Å². The third kappa shape index (κ3) is 5.88. The van der Waals surface area contributed by atoms with Crippen molar-refractivity contribution >= 4 is 32.6 Å². The van der Waals surface area contributed by atoms with Gasteiger partial charge in [-0.1, -0.05) is 6.07 Å². The quantitative estimate of drug-likeness (QED) is 0.285. The fourth-order valence-electron chi connectivity index (χ4n) is 3.56. The van der Waals surface area contributed by atoms with Crippen molar-refractivity contribution in [2.24, 2.45) is 4.99 Å². The summed E-state index contributed by atoms with van der Waals surface area (Å²) in [5.41, 5.74) is 2.78. The van der Waals surface area contributed by atoms with E-state index < -0.39 is 16.3 Å². The number of hydrogen-bond acceptors (Lipinski definition) is 8. The number of nitrogens with zero attached hydrogens (tertiary/aromatic N) is 2. The summed E-state index contributed by atoms with van der Waals surface area (Å²) in [5, 5.41) is 18.8. The van der Waals surface area contributed by atoms with Crippen molar-refractivity contribution in [1.29, 1.82) is 5.26 Å². The largest absolute Gasteiger partial charge is 0.382 e. The molecule has 1 aromatic rings. The minimum absolute atomic E-state index is 0.148.